The molecule has 0 radical (unpaired) electrons. The Morgan fingerprint density at radius 3 is 2.66 bits per heavy atom. The van der Waals surface area contributed by atoms with Crippen LogP contribution in [0, 0.1) is 11.8 Å². The van der Waals surface area contributed by atoms with Gasteiger partial charge in [0.05, 0.1) is 11.7 Å². The second kappa shape index (κ2) is 8.19. The minimum atomic E-state index is 0.296. The average Bonchev–Trinajstić information content (AvgIpc) is 3.30. The zero-order valence-electron chi connectivity index (χ0n) is 19.7. The predicted molar refractivity (Wildman–Crippen MR) is 139 cm³/mol. The predicted octanol–water partition coefficient (Wildman–Crippen LogP) is 5.59. The topological polar surface area (TPSA) is 51.0 Å². The Labute approximate surface area is 205 Å². The molecule has 5 heteroatoms. The van der Waals surface area contributed by atoms with Crippen LogP contribution in [0.15, 0.2) is 67.0 Å². The van der Waals surface area contributed by atoms with Gasteiger partial charge in [-0.3, -0.25) is 9.78 Å². The summed E-state index contributed by atoms with van der Waals surface area (Å²) < 4.78 is 2.34. The number of nitrogens with zero attached hydrogens (tertiary/aromatic N) is 4. The van der Waals surface area contributed by atoms with Gasteiger partial charge in [0.15, 0.2) is 0 Å². The number of fused-ring (bicyclic) bond motifs is 2. The Bertz CT molecular complexity index is 1460. The van der Waals surface area contributed by atoms with Crippen molar-refractivity contribution in [2.45, 2.75) is 32.2 Å². The molecule has 2 aromatic carbocycles. The van der Waals surface area contributed by atoms with Crippen molar-refractivity contribution in [2.24, 2.45) is 11.8 Å². The molecular weight excluding hydrogens is 432 g/mol. The lowest BCUT2D eigenvalue weighted by molar-refractivity contribution is -0.131. The van der Waals surface area contributed by atoms with E-state index in [-0.39, 0.29) is 0 Å². The fourth-order valence-electron chi connectivity index (χ4n) is 5.66. The van der Waals surface area contributed by atoms with Gasteiger partial charge >= 0.3 is 0 Å². The van der Waals surface area contributed by atoms with Crippen LogP contribution >= 0.6 is 0 Å². The van der Waals surface area contributed by atoms with E-state index in [1.165, 1.54) is 22.3 Å². The van der Waals surface area contributed by atoms with E-state index in [2.05, 4.69) is 75.1 Å². The smallest absolute Gasteiger partial charge is 0.225 e. The van der Waals surface area contributed by atoms with E-state index in [1.807, 2.05) is 12.4 Å². The van der Waals surface area contributed by atoms with Crippen LogP contribution in [0.2, 0.25) is 0 Å². The number of rotatable bonds is 5. The summed E-state index contributed by atoms with van der Waals surface area (Å²) in [6.45, 7) is 2.60. The third kappa shape index (κ3) is 3.75. The van der Waals surface area contributed by atoms with Crippen molar-refractivity contribution in [2.75, 3.05) is 13.1 Å². The molecule has 1 atom stereocenters. The summed E-state index contributed by atoms with van der Waals surface area (Å²) in [5.74, 6) is 2.08. The second-order valence-electron chi connectivity index (χ2n) is 10.2. The number of allylic oxidation sites excluding steroid dienone is 1. The molecule has 1 amide bonds. The number of aromatic nitrogens is 3. The summed E-state index contributed by atoms with van der Waals surface area (Å²) >= 11 is 0. The number of imidazole rings is 1. The number of carbonyl (C=O) groups excluding carboxylic acids is 1. The van der Waals surface area contributed by atoms with Gasteiger partial charge in [0.1, 0.15) is 11.3 Å². The number of likely N-dealkylation sites (tertiary alicyclic amines) is 1. The van der Waals surface area contributed by atoms with E-state index in [0.717, 1.165) is 67.7 Å². The molecule has 0 N–H and O–H groups in total. The van der Waals surface area contributed by atoms with Crippen molar-refractivity contribution in [1.29, 1.82) is 0 Å². The number of carbonyl (C=O) groups is 1. The number of pyridine rings is 1. The lowest BCUT2D eigenvalue weighted by atomic mass is 9.99. The van der Waals surface area contributed by atoms with Gasteiger partial charge in [-0.15, -0.1) is 0 Å². The van der Waals surface area contributed by atoms with Gasteiger partial charge in [0, 0.05) is 37.3 Å². The largest absolute Gasteiger partial charge is 0.342 e. The molecule has 4 aromatic rings. The standard InChI is InChI=1S/C30H28N4O/c35-30(24-9-10-24)33-15-13-20(18-33)19-34-28-12-14-31-17-27(28)32-29(34)23-7-4-22(5-8-23)26-11-6-21-2-1-3-25(21)16-26/h1-2,4-8,11-12,14,16-17,20,24H,3,9-10,13,15,18-19H2/t20-/m1/s1. The van der Waals surface area contributed by atoms with Gasteiger partial charge in [-0.2, -0.15) is 0 Å². The number of amides is 1. The van der Waals surface area contributed by atoms with Gasteiger partial charge in [0.2, 0.25) is 5.91 Å². The molecule has 2 aromatic heterocycles. The molecule has 5 nitrogen and oxygen atoms in total. The Morgan fingerprint density at radius 1 is 0.971 bits per heavy atom. The summed E-state index contributed by atoms with van der Waals surface area (Å²) in [4.78, 5) is 23.9. The highest BCUT2D eigenvalue weighted by molar-refractivity contribution is 5.82. The third-order valence-corrected chi connectivity index (χ3v) is 7.77. The zero-order valence-corrected chi connectivity index (χ0v) is 19.7. The molecule has 0 unspecified atom stereocenters. The molecule has 35 heavy (non-hydrogen) atoms. The number of hydrogen-bond donors (Lipinski definition) is 0. The molecular formula is C30H28N4O. The van der Waals surface area contributed by atoms with Crippen LogP contribution in [0.25, 0.3) is 39.6 Å². The van der Waals surface area contributed by atoms with Crippen molar-refractivity contribution < 1.29 is 4.79 Å². The maximum absolute atomic E-state index is 12.6. The lowest BCUT2D eigenvalue weighted by Gasteiger charge is -2.18. The van der Waals surface area contributed by atoms with Crippen molar-refractivity contribution in [3.05, 3.63) is 78.1 Å². The Kier molecular flexibility index (Phi) is 4.83. The monoisotopic (exact) mass is 460 g/mol. The lowest BCUT2D eigenvalue weighted by Crippen LogP contribution is -2.30. The van der Waals surface area contributed by atoms with Crippen LogP contribution in [0.5, 0.6) is 0 Å². The SMILES string of the molecule is O=C(C1CC1)N1CC[C@@H](Cn2c(-c3ccc(-c4ccc5c(c4)CC=C5)cc3)nc3cnccc32)C1. The Balaban J connectivity index is 1.18. The van der Waals surface area contributed by atoms with Crippen molar-refractivity contribution in [1.82, 2.24) is 19.4 Å². The van der Waals surface area contributed by atoms with Crippen LogP contribution in [-0.2, 0) is 17.8 Å². The minimum Gasteiger partial charge on any atom is -0.342 e. The van der Waals surface area contributed by atoms with Crippen LogP contribution in [0.3, 0.4) is 0 Å². The fraction of sp³-hybridized carbons (Fsp3) is 0.300. The first-order valence-electron chi connectivity index (χ1n) is 12.7. The molecule has 2 aliphatic carbocycles. The molecule has 1 saturated heterocycles. The van der Waals surface area contributed by atoms with E-state index >= 15 is 0 Å². The maximum atomic E-state index is 12.6. The maximum Gasteiger partial charge on any atom is 0.225 e. The van der Waals surface area contributed by atoms with Gasteiger partial charge < -0.3 is 9.47 Å². The highest BCUT2D eigenvalue weighted by Gasteiger charge is 2.36. The second-order valence-corrected chi connectivity index (χ2v) is 10.2. The molecule has 1 aliphatic heterocycles. The number of hydrogen-bond acceptors (Lipinski definition) is 3. The van der Waals surface area contributed by atoms with E-state index in [9.17, 15) is 4.79 Å². The van der Waals surface area contributed by atoms with E-state index in [4.69, 9.17) is 4.98 Å². The Hall–Kier alpha value is -3.73. The summed E-state index contributed by atoms with van der Waals surface area (Å²) in [6.07, 6.45) is 12.3. The molecule has 7 rings (SSSR count). The van der Waals surface area contributed by atoms with Crippen molar-refractivity contribution in [3.8, 4) is 22.5 Å². The van der Waals surface area contributed by atoms with Crippen LogP contribution < -0.4 is 0 Å². The first-order chi connectivity index (χ1) is 17.2. The van der Waals surface area contributed by atoms with Crippen molar-refractivity contribution >= 4 is 23.0 Å². The van der Waals surface area contributed by atoms with Crippen LogP contribution in [-0.4, -0.2) is 38.4 Å². The molecule has 2 fully saturated rings. The molecule has 174 valence electrons. The average molecular weight is 461 g/mol. The zero-order chi connectivity index (χ0) is 23.4. The fourth-order valence-corrected chi connectivity index (χ4v) is 5.66. The molecule has 1 saturated carbocycles. The first kappa shape index (κ1) is 20.6. The minimum absolute atomic E-state index is 0.296. The molecule has 3 aliphatic rings. The van der Waals surface area contributed by atoms with Crippen LogP contribution in [0.4, 0.5) is 0 Å². The molecule has 0 bridgehead atoms. The van der Waals surface area contributed by atoms with E-state index < -0.39 is 0 Å². The Morgan fingerprint density at radius 2 is 1.80 bits per heavy atom. The van der Waals surface area contributed by atoms with Gasteiger partial charge in [-0.25, -0.2) is 4.98 Å². The van der Waals surface area contributed by atoms with Gasteiger partial charge in [-0.1, -0.05) is 54.6 Å². The highest BCUT2D eigenvalue weighted by atomic mass is 16.2. The summed E-state index contributed by atoms with van der Waals surface area (Å²) in [5.41, 5.74) is 8.33. The van der Waals surface area contributed by atoms with Crippen LogP contribution in [0.1, 0.15) is 30.4 Å². The number of benzene rings is 2. The first-order valence-corrected chi connectivity index (χ1v) is 12.7. The van der Waals surface area contributed by atoms with E-state index in [0.29, 0.717) is 17.7 Å². The normalized spacial score (nSPS) is 19.0. The van der Waals surface area contributed by atoms with Gasteiger partial charge in [0.25, 0.3) is 0 Å². The third-order valence-electron chi connectivity index (χ3n) is 7.77. The molecule has 3 heterocycles. The van der Waals surface area contributed by atoms with Gasteiger partial charge in [-0.05, 0) is 59.9 Å². The van der Waals surface area contributed by atoms with E-state index in [1.54, 1.807) is 0 Å². The van der Waals surface area contributed by atoms with Crippen molar-refractivity contribution in [3.63, 3.8) is 0 Å². The summed E-state index contributed by atoms with van der Waals surface area (Å²) in [5, 5.41) is 0. The summed E-state index contributed by atoms with van der Waals surface area (Å²) in [6, 6.07) is 17.6. The highest BCUT2D eigenvalue weighted by Crippen LogP contribution is 2.34. The summed E-state index contributed by atoms with van der Waals surface area (Å²) in [7, 11) is 0. The quantitative estimate of drug-likeness (QED) is 0.390. The molecule has 0 spiro atoms.